The third-order valence-corrected chi connectivity index (χ3v) is 7.51. The summed E-state index contributed by atoms with van der Waals surface area (Å²) in [7, 11) is 1.57. The molecule has 0 unspecified atom stereocenters. The molecule has 208 valence electrons. The monoisotopic (exact) mass is 535 g/mol. The molecule has 1 aliphatic heterocycles. The fourth-order valence-electron chi connectivity index (χ4n) is 5.56. The first-order valence-corrected chi connectivity index (χ1v) is 13.9. The van der Waals surface area contributed by atoms with Crippen molar-refractivity contribution >= 4 is 22.8 Å². The van der Waals surface area contributed by atoms with Gasteiger partial charge >= 0.3 is 0 Å². The van der Waals surface area contributed by atoms with E-state index in [2.05, 4.69) is 15.6 Å². The minimum Gasteiger partial charge on any atom is -0.493 e. The number of ether oxygens (including phenoxy) is 3. The highest BCUT2D eigenvalue weighted by atomic mass is 16.5. The molecule has 1 saturated heterocycles. The van der Waals surface area contributed by atoms with Gasteiger partial charge in [-0.15, -0.1) is 5.10 Å². The van der Waals surface area contributed by atoms with Crippen LogP contribution in [0.1, 0.15) is 57.1 Å². The summed E-state index contributed by atoms with van der Waals surface area (Å²) < 4.78 is 18.8. The SMILES string of the molecule is CCOc1ccc([C@H](C(=O)NC2CCCC2)N(C[C@H]2CCCO2)C(=O)Cn2nnc3ccccc32)cc1OC. The maximum atomic E-state index is 14.1. The lowest BCUT2D eigenvalue weighted by Crippen LogP contribution is -2.49. The number of fused-ring (bicyclic) bond motifs is 1. The minimum absolute atomic E-state index is 0.0470. The lowest BCUT2D eigenvalue weighted by molar-refractivity contribution is -0.143. The van der Waals surface area contributed by atoms with E-state index < -0.39 is 6.04 Å². The van der Waals surface area contributed by atoms with Crippen molar-refractivity contribution in [3.8, 4) is 11.5 Å². The zero-order valence-corrected chi connectivity index (χ0v) is 22.7. The molecule has 5 rings (SSSR count). The van der Waals surface area contributed by atoms with Gasteiger partial charge in [0.15, 0.2) is 11.5 Å². The van der Waals surface area contributed by atoms with Crippen LogP contribution < -0.4 is 14.8 Å². The van der Waals surface area contributed by atoms with Crippen LogP contribution in [0.5, 0.6) is 11.5 Å². The molecule has 0 spiro atoms. The second kappa shape index (κ2) is 12.5. The van der Waals surface area contributed by atoms with Crippen LogP contribution in [0.3, 0.4) is 0 Å². The number of hydrogen-bond donors (Lipinski definition) is 1. The number of carbonyl (C=O) groups excluding carboxylic acids is 2. The number of amides is 2. The van der Waals surface area contributed by atoms with Gasteiger partial charge in [-0.05, 0) is 62.4 Å². The predicted octanol–water partition coefficient (Wildman–Crippen LogP) is 3.65. The normalized spacial score (nSPS) is 18.3. The molecule has 2 amide bonds. The summed E-state index contributed by atoms with van der Waals surface area (Å²) in [6.45, 7) is 3.28. The second-order valence-corrected chi connectivity index (χ2v) is 10.2. The smallest absolute Gasteiger partial charge is 0.247 e. The summed E-state index contributed by atoms with van der Waals surface area (Å²) >= 11 is 0. The number of para-hydroxylation sites is 1. The van der Waals surface area contributed by atoms with E-state index in [9.17, 15) is 9.59 Å². The van der Waals surface area contributed by atoms with Crippen molar-refractivity contribution < 1.29 is 23.8 Å². The van der Waals surface area contributed by atoms with Crippen LogP contribution in [-0.4, -0.2) is 70.7 Å². The van der Waals surface area contributed by atoms with Crippen molar-refractivity contribution in [3.05, 3.63) is 48.0 Å². The molecule has 1 aromatic heterocycles. The third kappa shape index (κ3) is 6.16. The van der Waals surface area contributed by atoms with Crippen molar-refractivity contribution in [2.24, 2.45) is 0 Å². The molecule has 2 atom stereocenters. The summed E-state index contributed by atoms with van der Waals surface area (Å²) in [4.78, 5) is 29.7. The molecule has 10 nitrogen and oxygen atoms in total. The third-order valence-electron chi connectivity index (χ3n) is 7.51. The topological polar surface area (TPSA) is 108 Å². The van der Waals surface area contributed by atoms with Gasteiger partial charge in [-0.1, -0.05) is 36.3 Å². The van der Waals surface area contributed by atoms with Gasteiger partial charge < -0.3 is 24.4 Å². The standard InChI is InChI=1S/C29H37N5O5/c1-3-38-25-15-14-20(17-26(25)37-2)28(29(36)30-21-9-4-5-10-21)33(18-22-11-8-16-39-22)27(35)19-34-24-13-7-6-12-23(24)31-32-34/h6-7,12-15,17,21-22,28H,3-5,8-11,16,18-19H2,1-2H3,(H,30,36)/t22-,28-/m1/s1. The number of aromatic nitrogens is 3. The second-order valence-electron chi connectivity index (χ2n) is 10.2. The Morgan fingerprint density at radius 2 is 1.95 bits per heavy atom. The number of nitrogens with zero attached hydrogens (tertiary/aromatic N) is 4. The quantitative estimate of drug-likeness (QED) is 0.399. The van der Waals surface area contributed by atoms with Crippen LogP contribution in [0.2, 0.25) is 0 Å². The molecule has 0 bridgehead atoms. The molecule has 39 heavy (non-hydrogen) atoms. The molecule has 2 aliphatic rings. The van der Waals surface area contributed by atoms with Gasteiger partial charge in [0.1, 0.15) is 18.1 Å². The Morgan fingerprint density at radius 1 is 1.13 bits per heavy atom. The van der Waals surface area contributed by atoms with E-state index in [1.807, 2.05) is 37.3 Å². The molecule has 10 heteroatoms. The van der Waals surface area contributed by atoms with Crippen LogP contribution in [0, 0.1) is 0 Å². The van der Waals surface area contributed by atoms with Crippen molar-refractivity contribution in [1.29, 1.82) is 0 Å². The minimum atomic E-state index is -0.873. The van der Waals surface area contributed by atoms with Crippen molar-refractivity contribution in [2.45, 2.75) is 70.2 Å². The van der Waals surface area contributed by atoms with Crippen LogP contribution in [-0.2, 0) is 20.9 Å². The summed E-state index contributed by atoms with van der Waals surface area (Å²) in [6.07, 6.45) is 5.67. The molecule has 1 N–H and O–H groups in total. The van der Waals surface area contributed by atoms with Crippen molar-refractivity contribution in [1.82, 2.24) is 25.2 Å². The van der Waals surface area contributed by atoms with Crippen LogP contribution in [0.4, 0.5) is 0 Å². The first-order chi connectivity index (χ1) is 19.1. The lowest BCUT2D eigenvalue weighted by Gasteiger charge is -2.34. The Labute approximate surface area is 228 Å². The number of nitrogens with one attached hydrogen (secondary N) is 1. The molecule has 1 aliphatic carbocycles. The molecule has 0 radical (unpaired) electrons. The zero-order chi connectivity index (χ0) is 27.2. The number of methoxy groups -OCH3 is 1. The van der Waals surface area contributed by atoms with Gasteiger partial charge in [0, 0.05) is 19.2 Å². The fourth-order valence-corrected chi connectivity index (χ4v) is 5.56. The Bertz CT molecular complexity index is 1280. The van der Waals surface area contributed by atoms with Crippen LogP contribution in [0.15, 0.2) is 42.5 Å². The maximum absolute atomic E-state index is 14.1. The summed E-state index contributed by atoms with van der Waals surface area (Å²) in [6, 6.07) is 12.2. The first-order valence-electron chi connectivity index (χ1n) is 13.9. The highest BCUT2D eigenvalue weighted by molar-refractivity contribution is 5.89. The van der Waals surface area contributed by atoms with Gasteiger partial charge in [0.2, 0.25) is 11.8 Å². The van der Waals surface area contributed by atoms with Gasteiger partial charge in [-0.2, -0.15) is 0 Å². The van der Waals surface area contributed by atoms with E-state index in [0.717, 1.165) is 44.0 Å². The highest BCUT2D eigenvalue weighted by Gasteiger charge is 2.36. The average molecular weight is 536 g/mol. The van der Waals surface area contributed by atoms with E-state index >= 15 is 0 Å². The van der Waals surface area contributed by atoms with E-state index in [0.29, 0.717) is 42.3 Å². The van der Waals surface area contributed by atoms with E-state index in [4.69, 9.17) is 14.2 Å². The number of hydrogen-bond acceptors (Lipinski definition) is 7. The molecule has 2 fully saturated rings. The summed E-state index contributed by atoms with van der Waals surface area (Å²) in [5.41, 5.74) is 2.13. The van der Waals surface area contributed by atoms with E-state index in [1.165, 1.54) is 0 Å². The fraction of sp³-hybridized carbons (Fsp3) is 0.517. The van der Waals surface area contributed by atoms with Crippen molar-refractivity contribution in [2.75, 3.05) is 26.9 Å². The van der Waals surface area contributed by atoms with Gasteiger partial charge in [-0.3, -0.25) is 9.59 Å². The Kier molecular flexibility index (Phi) is 8.61. The summed E-state index contributed by atoms with van der Waals surface area (Å²) in [5, 5.41) is 11.6. The van der Waals surface area contributed by atoms with E-state index in [-0.39, 0.29) is 30.5 Å². The molecule has 2 aromatic carbocycles. The molecule has 1 saturated carbocycles. The largest absolute Gasteiger partial charge is 0.493 e. The lowest BCUT2D eigenvalue weighted by atomic mass is 10.0. The Hall–Kier alpha value is -3.66. The van der Waals surface area contributed by atoms with Gasteiger partial charge in [0.25, 0.3) is 0 Å². The molecular formula is C29H37N5O5. The van der Waals surface area contributed by atoms with Gasteiger partial charge in [0.05, 0.1) is 25.3 Å². The zero-order valence-electron chi connectivity index (χ0n) is 22.7. The molecular weight excluding hydrogens is 498 g/mol. The van der Waals surface area contributed by atoms with Gasteiger partial charge in [-0.25, -0.2) is 4.68 Å². The van der Waals surface area contributed by atoms with Crippen LogP contribution >= 0.6 is 0 Å². The number of carbonyl (C=O) groups is 2. The molecule has 3 aromatic rings. The predicted molar refractivity (Wildman–Crippen MR) is 146 cm³/mol. The average Bonchev–Trinajstić information content (AvgIpc) is 3.73. The highest BCUT2D eigenvalue weighted by Crippen LogP contribution is 2.34. The van der Waals surface area contributed by atoms with E-state index in [1.54, 1.807) is 28.8 Å². The van der Waals surface area contributed by atoms with Crippen molar-refractivity contribution in [3.63, 3.8) is 0 Å². The molecule has 2 heterocycles. The number of benzene rings is 2. The Morgan fingerprint density at radius 3 is 2.69 bits per heavy atom. The Balaban J connectivity index is 1.51. The maximum Gasteiger partial charge on any atom is 0.247 e. The number of rotatable bonds is 11. The van der Waals surface area contributed by atoms with Crippen LogP contribution in [0.25, 0.3) is 11.0 Å². The first kappa shape index (κ1) is 26.9. The summed E-state index contributed by atoms with van der Waals surface area (Å²) in [5.74, 6) is 0.660.